The van der Waals surface area contributed by atoms with Crippen LogP contribution in [0, 0.1) is 5.92 Å². The Labute approximate surface area is 97.2 Å². The van der Waals surface area contributed by atoms with Crippen LogP contribution >= 0.6 is 0 Å². The van der Waals surface area contributed by atoms with Gasteiger partial charge in [-0.25, -0.2) is 0 Å². The summed E-state index contributed by atoms with van der Waals surface area (Å²) in [7, 11) is 0. The fraction of sp³-hybridized carbons (Fsp3) is 0.400. The zero-order valence-electron chi connectivity index (χ0n) is 9.61. The molecule has 0 spiro atoms. The molecule has 0 aliphatic heterocycles. The fourth-order valence-electron chi connectivity index (χ4n) is 2.58. The van der Waals surface area contributed by atoms with Crippen LogP contribution in [0.5, 0.6) is 0 Å². The molecule has 0 N–H and O–H groups in total. The Balaban J connectivity index is 2.21. The monoisotopic (exact) mass is 214 g/mol. The summed E-state index contributed by atoms with van der Waals surface area (Å²) in [6, 6.07) is 0. The van der Waals surface area contributed by atoms with Gasteiger partial charge >= 0.3 is 0 Å². The van der Waals surface area contributed by atoms with Gasteiger partial charge in [-0.15, -0.1) is 6.58 Å². The third-order valence-corrected chi connectivity index (χ3v) is 3.41. The largest absolute Gasteiger partial charge is 0.295 e. The highest BCUT2D eigenvalue weighted by Gasteiger charge is 2.25. The van der Waals surface area contributed by atoms with Crippen molar-refractivity contribution >= 4 is 5.78 Å². The van der Waals surface area contributed by atoms with Gasteiger partial charge in [-0.1, -0.05) is 29.9 Å². The Kier molecular flexibility index (Phi) is 3.55. The van der Waals surface area contributed by atoms with Crippen molar-refractivity contribution in [2.75, 3.05) is 0 Å². The molecule has 0 saturated heterocycles. The lowest BCUT2D eigenvalue weighted by Crippen LogP contribution is -2.06. The minimum atomic E-state index is 0.261. The van der Waals surface area contributed by atoms with E-state index in [4.69, 9.17) is 0 Å². The molecule has 0 radical (unpaired) electrons. The molecule has 2 aliphatic carbocycles. The molecule has 0 aromatic carbocycles. The molecule has 0 saturated carbocycles. The van der Waals surface area contributed by atoms with E-state index in [1.807, 2.05) is 18.2 Å². The summed E-state index contributed by atoms with van der Waals surface area (Å²) in [5.74, 6) is 0.727. The van der Waals surface area contributed by atoms with Crippen LogP contribution in [0.15, 0.2) is 48.1 Å². The highest BCUT2D eigenvalue weighted by molar-refractivity contribution is 5.90. The minimum Gasteiger partial charge on any atom is -0.295 e. The molecule has 0 fully saturated rings. The van der Waals surface area contributed by atoms with Crippen molar-refractivity contribution < 1.29 is 4.79 Å². The van der Waals surface area contributed by atoms with Crippen molar-refractivity contribution in [3.63, 3.8) is 0 Å². The van der Waals surface area contributed by atoms with E-state index in [0.717, 1.165) is 25.7 Å². The Morgan fingerprint density at radius 2 is 2.19 bits per heavy atom. The van der Waals surface area contributed by atoms with Crippen LogP contribution in [0.25, 0.3) is 0 Å². The van der Waals surface area contributed by atoms with Crippen molar-refractivity contribution in [1.29, 1.82) is 0 Å². The maximum absolute atomic E-state index is 11.5. The molecule has 0 aromatic heterocycles. The molecular weight excluding hydrogens is 196 g/mol. The van der Waals surface area contributed by atoms with Gasteiger partial charge in [0, 0.05) is 6.42 Å². The van der Waals surface area contributed by atoms with E-state index in [9.17, 15) is 4.79 Å². The number of rotatable bonds is 3. The van der Waals surface area contributed by atoms with E-state index >= 15 is 0 Å². The van der Waals surface area contributed by atoms with Crippen LogP contribution in [-0.2, 0) is 4.79 Å². The van der Waals surface area contributed by atoms with Crippen LogP contribution in [0.3, 0.4) is 0 Å². The zero-order valence-corrected chi connectivity index (χ0v) is 9.61. The van der Waals surface area contributed by atoms with E-state index in [0.29, 0.717) is 12.3 Å². The molecule has 1 nitrogen and oxygen atoms in total. The van der Waals surface area contributed by atoms with Gasteiger partial charge in [0.25, 0.3) is 0 Å². The van der Waals surface area contributed by atoms with E-state index in [1.165, 1.54) is 11.1 Å². The van der Waals surface area contributed by atoms with Gasteiger partial charge in [0.1, 0.15) is 0 Å². The summed E-state index contributed by atoms with van der Waals surface area (Å²) in [6.07, 6.45) is 14.9. The van der Waals surface area contributed by atoms with E-state index < -0.39 is 0 Å². The molecule has 16 heavy (non-hydrogen) atoms. The fourth-order valence-corrected chi connectivity index (χ4v) is 2.58. The quantitative estimate of drug-likeness (QED) is 0.654. The lowest BCUT2D eigenvalue weighted by Gasteiger charge is -2.12. The van der Waals surface area contributed by atoms with Gasteiger partial charge in [0.2, 0.25) is 0 Å². The van der Waals surface area contributed by atoms with E-state index in [1.54, 1.807) is 6.08 Å². The number of hydrogen-bond acceptors (Lipinski definition) is 1. The average molecular weight is 214 g/mol. The zero-order chi connectivity index (χ0) is 11.4. The van der Waals surface area contributed by atoms with Crippen molar-refractivity contribution in [3.8, 4) is 0 Å². The van der Waals surface area contributed by atoms with Gasteiger partial charge in [0.15, 0.2) is 5.78 Å². The summed E-state index contributed by atoms with van der Waals surface area (Å²) in [4.78, 5) is 11.5. The maximum Gasteiger partial charge on any atom is 0.156 e. The lowest BCUT2D eigenvalue weighted by molar-refractivity contribution is -0.115. The van der Waals surface area contributed by atoms with Crippen molar-refractivity contribution in [2.24, 2.45) is 5.92 Å². The van der Waals surface area contributed by atoms with Crippen molar-refractivity contribution in [1.82, 2.24) is 0 Å². The second-order valence-electron chi connectivity index (χ2n) is 4.51. The summed E-state index contributed by atoms with van der Waals surface area (Å²) in [5, 5.41) is 0. The highest BCUT2D eigenvalue weighted by atomic mass is 16.1. The van der Waals surface area contributed by atoms with Crippen LogP contribution < -0.4 is 0 Å². The lowest BCUT2D eigenvalue weighted by atomic mass is 9.92. The second-order valence-corrected chi connectivity index (χ2v) is 4.51. The van der Waals surface area contributed by atoms with Crippen LogP contribution in [0.4, 0.5) is 0 Å². The predicted octanol–water partition coefficient (Wildman–Crippen LogP) is 3.74. The molecule has 0 heterocycles. The number of ketones is 1. The minimum absolute atomic E-state index is 0.261. The van der Waals surface area contributed by atoms with Gasteiger partial charge < -0.3 is 0 Å². The predicted molar refractivity (Wildman–Crippen MR) is 67.1 cm³/mol. The molecule has 2 aliphatic rings. The third kappa shape index (κ3) is 2.41. The third-order valence-electron chi connectivity index (χ3n) is 3.41. The highest BCUT2D eigenvalue weighted by Crippen LogP contribution is 2.38. The van der Waals surface area contributed by atoms with Crippen molar-refractivity contribution in [2.45, 2.75) is 32.1 Å². The normalized spacial score (nSPS) is 28.2. The Morgan fingerprint density at radius 3 is 3.00 bits per heavy atom. The first-order valence-electron chi connectivity index (χ1n) is 6.01. The van der Waals surface area contributed by atoms with Gasteiger partial charge in [0.05, 0.1) is 0 Å². The molecule has 0 amide bonds. The molecule has 1 unspecified atom stereocenters. The Hall–Kier alpha value is -1.37. The molecule has 1 heteroatoms. The first kappa shape index (κ1) is 11.1. The summed E-state index contributed by atoms with van der Waals surface area (Å²) in [6.45, 7) is 3.77. The first-order chi connectivity index (χ1) is 7.81. The topological polar surface area (TPSA) is 17.1 Å². The summed E-state index contributed by atoms with van der Waals surface area (Å²) >= 11 is 0. The standard InChI is InChI=1S/C15H18O/c1-2-3-6-12-9-10-13-11-14(16)7-4-5-8-15(12)13/h2,4-5,7-8,13H,1,3,6,9-11H2/b7-4-,8-5-. The van der Waals surface area contributed by atoms with Gasteiger partial charge in [-0.2, -0.15) is 0 Å². The number of carbonyl (C=O) groups is 1. The maximum atomic E-state index is 11.5. The number of hydrogen-bond donors (Lipinski definition) is 0. The molecule has 84 valence electrons. The number of carbonyl (C=O) groups excluding carboxylic acids is 1. The summed E-state index contributed by atoms with van der Waals surface area (Å²) < 4.78 is 0. The molecular formula is C15H18O. The van der Waals surface area contributed by atoms with Crippen LogP contribution in [0.1, 0.15) is 32.1 Å². The van der Waals surface area contributed by atoms with Crippen LogP contribution in [-0.4, -0.2) is 5.78 Å². The number of fused-ring (bicyclic) bond motifs is 1. The molecule has 0 aromatic rings. The smallest absolute Gasteiger partial charge is 0.156 e. The van der Waals surface area contributed by atoms with E-state index in [-0.39, 0.29) is 5.78 Å². The van der Waals surface area contributed by atoms with Crippen LogP contribution in [0.2, 0.25) is 0 Å². The first-order valence-corrected chi connectivity index (χ1v) is 6.01. The SMILES string of the molecule is C=CCCC1=C2/C=C\C=C/C(=O)CC2CC1. The Bertz CT molecular complexity index is 382. The number of allylic oxidation sites excluding steroid dienone is 7. The summed E-state index contributed by atoms with van der Waals surface area (Å²) in [5.41, 5.74) is 2.95. The average Bonchev–Trinajstić information content (AvgIpc) is 2.61. The van der Waals surface area contributed by atoms with Gasteiger partial charge in [-0.05, 0) is 43.3 Å². The van der Waals surface area contributed by atoms with Gasteiger partial charge in [-0.3, -0.25) is 4.79 Å². The van der Waals surface area contributed by atoms with E-state index in [2.05, 4.69) is 12.7 Å². The molecule has 2 rings (SSSR count). The van der Waals surface area contributed by atoms with Crippen molar-refractivity contribution in [3.05, 3.63) is 48.1 Å². The second kappa shape index (κ2) is 5.11. The Morgan fingerprint density at radius 1 is 1.38 bits per heavy atom. The molecule has 1 atom stereocenters. The molecule has 0 bridgehead atoms.